The number of aryl methyl sites for hydroxylation is 1. The van der Waals surface area contributed by atoms with Crippen LogP contribution in [0.5, 0.6) is 0 Å². The van der Waals surface area contributed by atoms with E-state index in [4.69, 9.17) is 5.73 Å². The Hall–Kier alpha value is -2.71. The second kappa shape index (κ2) is 10.3. The highest BCUT2D eigenvalue weighted by Gasteiger charge is 2.42. The van der Waals surface area contributed by atoms with E-state index in [1.165, 1.54) is 9.21 Å². The largest absolute Gasteiger partial charge is 0.368 e. The highest BCUT2D eigenvalue weighted by molar-refractivity contribution is 7.89. The molecule has 2 aromatic rings. The Balaban J connectivity index is 1.96. The van der Waals surface area contributed by atoms with E-state index in [-0.39, 0.29) is 18.0 Å². The van der Waals surface area contributed by atoms with E-state index in [0.717, 1.165) is 24.0 Å². The number of rotatable bonds is 9. The fourth-order valence-corrected chi connectivity index (χ4v) is 5.67. The third-order valence-electron chi connectivity index (χ3n) is 5.90. The van der Waals surface area contributed by atoms with Crippen LogP contribution in [0.2, 0.25) is 0 Å². The van der Waals surface area contributed by atoms with Crippen LogP contribution in [0.25, 0.3) is 0 Å². The second-order valence-electron chi connectivity index (χ2n) is 8.31. The average Bonchev–Trinajstić information content (AvgIpc) is 2.76. The van der Waals surface area contributed by atoms with Crippen LogP contribution in [0.4, 0.5) is 0 Å². The molecule has 32 heavy (non-hydrogen) atoms. The van der Waals surface area contributed by atoms with E-state index >= 15 is 0 Å². The average molecular weight is 458 g/mol. The molecule has 1 heterocycles. The number of carbonyl (C=O) groups excluding carboxylic acids is 2. The zero-order valence-corrected chi connectivity index (χ0v) is 19.4. The standard InChI is InChI=1S/C24H31N3O4S/c1-3-4-10-22(24(25)29)26-16-20(15-19-8-6-5-7-9-19)27(17-23(26)28)32(30,31)21-13-11-18(2)12-14-21/h5-9,11-14,20,22H,3-4,10,15-17H2,1-2H3,(H2,25,29)/t20-,22-/m0/s1. The fourth-order valence-electron chi connectivity index (χ4n) is 4.10. The first kappa shape index (κ1) is 23.9. The molecule has 172 valence electrons. The Morgan fingerprint density at radius 3 is 2.38 bits per heavy atom. The zero-order chi connectivity index (χ0) is 23.3. The third-order valence-corrected chi connectivity index (χ3v) is 7.82. The molecule has 0 aromatic heterocycles. The number of benzene rings is 2. The van der Waals surface area contributed by atoms with Crippen LogP contribution < -0.4 is 5.73 Å². The van der Waals surface area contributed by atoms with Crippen molar-refractivity contribution in [2.75, 3.05) is 13.1 Å². The van der Waals surface area contributed by atoms with E-state index in [1.54, 1.807) is 24.3 Å². The molecule has 1 aliphatic heterocycles. The minimum absolute atomic E-state index is 0.121. The van der Waals surface area contributed by atoms with Gasteiger partial charge >= 0.3 is 0 Å². The van der Waals surface area contributed by atoms with Crippen molar-refractivity contribution in [2.24, 2.45) is 5.73 Å². The molecule has 0 radical (unpaired) electrons. The van der Waals surface area contributed by atoms with Gasteiger partial charge in [-0.2, -0.15) is 4.31 Å². The molecule has 2 aromatic carbocycles. The minimum Gasteiger partial charge on any atom is -0.368 e. The summed E-state index contributed by atoms with van der Waals surface area (Å²) in [5.74, 6) is -0.954. The number of primary amides is 1. The molecule has 2 N–H and O–H groups in total. The molecule has 0 unspecified atom stereocenters. The lowest BCUT2D eigenvalue weighted by molar-refractivity contribution is -0.144. The van der Waals surface area contributed by atoms with Gasteiger partial charge in [-0.15, -0.1) is 0 Å². The zero-order valence-electron chi connectivity index (χ0n) is 18.6. The number of carbonyl (C=O) groups is 2. The van der Waals surface area contributed by atoms with Gasteiger partial charge in [-0.1, -0.05) is 67.8 Å². The first-order valence-electron chi connectivity index (χ1n) is 10.9. The summed E-state index contributed by atoms with van der Waals surface area (Å²) >= 11 is 0. The predicted molar refractivity (Wildman–Crippen MR) is 123 cm³/mol. The first-order chi connectivity index (χ1) is 15.2. The minimum atomic E-state index is -3.90. The van der Waals surface area contributed by atoms with Crippen LogP contribution in [0, 0.1) is 6.92 Å². The Kier molecular flexibility index (Phi) is 7.69. The van der Waals surface area contributed by atoms with Crippen molar-refractivity contribution in [3.63, 3.8) is 0 Å². The molecular weight excluding hydrogens is 426 g/mol. The summed E-state index contributed by atoms with van der Waals surface area (Å²) in [7, 11) is -3.90. The molecule has 3 rings (SSSR count). The molecule has 0 aliphatic carbocycles. The number of nitrogens with two attached hydrogens (primary N) is 1. The van der Waals surface area contributed by atoms with Crippen LogP contribution in [-0.2, 0) is 26.0 Å². The van der Waals surface area contributed by atoms with E-state index in [2.05, 4.69) is 0 Å². The SMILES string of the molecule is CCCC[C@@H](C(N)=O)N1C[C@H](Cc2ccccc2)N(S(=O)(=O)c2ccc(C)cc2)CC1=O. The highest BCUT2D eigenvalue weighted by Crippen LogP contribution is 2.26. The molecule has 2 atom stereocenters. The molecule has 1 aliphatic rings. The molecule has 7 nitrogen and oxygen atoms in total. The monoisotopic (exact) mass is 457 g/mol. The van der Waals surface area contributed by atoms with E-state index in [9.17, 15) is 18.0 Å². The number of hydrogen-bond donors (Lipinski definition) is 1. The van der Waals surface area contributed by atoms with Gasteiger partial charge in [0.05, 0.1) is 11.4 Å². The summed E-state index contributed by atoms with van der Waals surface area (Å²) in [5, 5.41) is 0. The summed E-state index contributed by atoms with van der Waals surface area (Å²) in [5.41, 5.74) is 7.54. The van der Waals surface area contributed by atoms with E-state index < -0.39 is 33.9 Å². The fraction of sp³-hybridized carbons (Fsp3) is 0.417. The van der Waals surface area contributed by atoms with Crippen LogP contribution >= 0.6 is 0 Å². The number of piperazine rings is 1. The summed E-state index contributed by atoms with van der Waals surface area (Å²) in [6.45, 7) is 3.70. The maximum Gasteiger partial charge on any atom is 0.243 e. The van der Waals surface area contributed by atoms with Crippen molar-refractivity contribution in [1.82, 2.24) is 9.21 Å². The second-order valence-corrected chi connectivity index (χ2v) is 10.2. The highest BCUT2D eigenvalue weighted by atomic mass is 32.2. The van der Waals surface area contributed by atoms with Gasteiger partial charge in [-0.3, -0.25) is 9.59 Å². The van der Waals surface area contributed by atoms with Crippen molar-refractivity contribution in [3.8, 4) is 0 Å². The predicted octanol–water partition coefficient (Wildman–Crippen LogP) is 2.48. The molecule has 1 fully saturated rings. The van der Waals surface area contributed by atoms with Crippen molar-refractivity contribution in [3.05, 3.63) is 65.7 Å². The summed E-state index contributed by atoms with van der Waals surface area (Å²) in [4.78, 5) is 26.8. The van der Waals surface area contributed by atoms with Gasteiger partial charge in [0.2, 0.25) is 21.8 Å². The lowest BCUT2D eigenvalue weighted by Gasteiger charge is -2.42. The Morgan fingerprint density at radius 2 is 1.78 bits per heavy atom. The molecular formula is C24H31N3O4S. The van der Waals surface area contributed by atoms with Gasteiger partial charge in [0.15, 0.2) is 0 Å². The number of unbranched alkanes of at least 4 members (excludes halogenated alkanes) is 1. The summed E-state index contributed by atoms with van der Waals surface area (Å²) in [6.07, 6.45) is 2.52. The van der Waals surface area contributed by atoms with E-state index in [0.29, 0.717) is 12.8 Å². The van der Waals surface area contributed by atoms with Crippen molar-refractivity contribution < 1.29 is 18.0 Å². The Labute approximate surface area is 190 Å². The molecule has 0 spiro atoms. The molecule has 1 saturated heterocycles. The van der Waals surface area contributed by atoms with Gasteiger partial charge in [-0.05, 0) is 37.5 Å². The van der Waals surface area contributed by atoms with Crippen LogP contribution in [0.3, 0.4) is 0 Å². The molecule has 2 amide bonds. The summed E-state index contributed by atoms with van der Waals surface area (Å²) < 4.78 is 28.3. The quantitative estimate of drug-likeness (QED) is 0.625. The Bertz CT molecular complexity index is 1040. The maximum absolute atomic E-state index is 13.5. The smallest absolute Gasteiger partial charge is 0.243 e. The van der Waals surface area contributed by atoms with Gasteiger partial charge in [0.1, 0.15) is 6.04 Å². The molecule has 0 saturated carbocycles. The number of amides is 2. The van der Waals surface area contributed by atoms with Gasteiger partial charge in [0.25, 0.3) is 0 Å². The number of nitrogens with zero attached hydrogens (tertiary/aromatic N) is 2. The van der Waals surface area contributed by atoms with Crippen LogP contribution in [0.1, 0.15) is 37.3 Å². The lowest BCUT2D eigenvalue weighted by atomic mass is 10.0. The van der Waals surface area contributed by atoms with Crippen molar-refractivity contribution in [2.45, 2.75) is 56.5 Å². The van der Waals surface area contributed by atoms with Gasteiger partial charge in [0, 0.05) is 12.6 Å². The summed E-state index contributed by atoms with van der Waals surface area (Å²) in [6, 6.07) is 14.9. The molecule has 8 heteroatoms. The first-order valence-corrected chi connectivity index (χ1v) is 12.4. The van der Waals surface area contributed by atoms with Gasteiger partial charge in [-0.25, -0.2) is 8.42 Å². The van der Waals surface area contributed by atoms with Crippen LogP contribution in [0.15, 0.2) is 59.5 Å². The normalized spacial score (nSPS) is 18.5. The van der Waals surface area contributed by atoms with Crippen molar-refractivity contribution >= 4 is 21.8 Å². The molecule has 0 bridgehead atoms. The number of hydrogen-bond acceptors (Lipinski definition) is 4. The maximum atomic E-state index is 13.5. The Morgan fingerprint density at radius 1 is 1.12 bits per heavy atom. The van der Waals surface area contributed by atoms with Crippen molar-refractivity contribution in [1.29, 1.82) is 0 Å². The lowest BCUT2D eigenvalue weighted by Crippen LogP contribution is -2.62. The topological polar surface area (TPSA) is 101 Å². The van der Waals surface area contributed by atoms with E-state index in [1.807, 2.05) is 44.2 Å². The third kappa shape index (κ3) is 5.37. The number of sulfonamides is 1. The van der Waals surface area contributed by atoms with Crippen LogP contribution in [-0.4, -0.2) is 54.6 Å². The van der Waals surface area contributed by atoms with Gasteiger partial charge < -0.3 is 10.6 Å².